The smallest absolute Gasteiger partial charge is 0.253 e. The Morgan fingerprint density at radius 3 is 2.36 bits per heavy atom. The van der Waals surface area contributed by atoms with Gasteiger partial charge in [-0.3, -0.25) is 0 Å². The van der Waals surface area contributed by atoms with Crippen LogP contribution in [0.1, 0.15) is 12.0 Å². The summed E-state index contributed by atoms with van der Waals surface area (Å²) in [6, 6.07) is 8.98. The van der Waals surface area contributed by atoms with Gasteiger partial charge in [0.1, 0.15) is 0 Å². The number of hydrogen-bond donors (Lipinski definition) is 1. The second kappa shape index (κ2) is 5.70. The minimum Gasteiger partial charge on any atom is -0.312 e. The van der Waals surface area contributed by atoms with Crippen LogP contribution < -0.4 is 5.32 Å². The Kier molecular flexibility index (Phi) is 4.53. The van der Waals surface area contributed by atoms with Gasteiger partial charge in [-0.1, -0.05) is 30.3 Å². The maximum Gasteiger partial charge on any atom is 0.253 e. The summed E-state index contributed by atoms with van der Waals surface area (Å²) in [5.74, 6) is 0. The van der Waals surface area contributed by atoms with Crippen molar-refractivity contribution in [3.8, 4) is 0 Å². The second-order valence-electron chi connectivity index (χ2n) is 3.25. The van der Waals surface area contributed by atoms with Crippen LogP contribution in [-0.4, -0.2) is 19.5 Å². The van der Waals surface area contributed by atoms with E-state index in [0.717, 1.165) is 5.56 Å². The molecule has 14 heavy (non-hydrogen) atoms. The van der Waals surface area contributed by atoms with Gasteiger partial charge in [-0.25, -0.2) is 8.78 Å². The van der Waals surface area contributed by atoms with Gasteiger partial charge in [0.2, 0.25) is 0 Å². The number of rotatable bonds is 5. The number of benzene rings is 1. The molecule has 0 aliphatic carbocycles. The van der Waals surface area contributed by atoms with Crippen molar-refractivity contribution in [1.29, 1.82) is 0 Å². The van der Waals surface area contributed by atoms with Crippen LogP contribution in [0.25, 0.3) is 0 Å². The molecule has 0 saturated heterocycles. The summed E-state index contributed by atoms with van der Waals surface area (Å²) in [5.41, 5.74) is 1.11. The molecule has 0 spiro atoms. The Bertz CT molecular complexity index is 249. The summed E-state index contributed by atoms with van der Waals surface area (Å²) in [6.45, 7) is 0. The lowest BCUT2D eigenvalue weighted by molar-refractivity contribution is 0.0981. The van der Waals surface area contributed by atoms with E-state index in [-0.39, 0.29) is 0 Å². The lowest BCUT2D eigenvalue weighted by Gasteiger charge is -2.14. The number of hydrogen-bond acceptors (Lipinski definition) is 1. The third-order valence-electron chi connectivity index (χ3n) is 2.26. The van der Waals surface area contributed by atoms with Crippen LogP contribution in [-0.2, 0) is 6.42 Å². The molecular formula is C11H15F2N. The minimum atomic E-state index is -2.29. The maximum atomic E-state index is 12.3. The number of aryl methyl sites for hydroxylation is 1. The highest BCUT2D eigenvalue weighted by Crippen LogP contribution is 2.09. The Morgan fingerprint density at radius 1 is 1.21 bits per heavy atom. The number of halogens is 2. The van der Waals surface area contributed by atoms with Crippen molar-refractivity contribution in [2.24, 2.45) is 0 Å². The molecule has 0 aromatic heterocycles. The molecule has 0 unspecified atom stereocenters. The molecule has 1 atom stereocenters. The first-order chi connectivity index (χ1) is 6.74. The van der Waals surface area contributed by atoms with E-state index in [1.807, 2.05) is 30.3 Å². The molecule has 0 fully saturated rings. The van der Waals surface area contributed by atoms with E-state index in [1.165, 1.54) is 0 Å². The third-order valence-corrected chi connectivity index (χ3v) is 2.26. The molecule has 0 aliphatic heterocycles. The Morgan fingerprint density at radius 2 is 1.86 bits per heavy atom. The molecule has 1 aromatic rings. The van der Waals surface area contributed by atoms with E-state index in [1.54, 1.807) is 7.05 Å². The molecule has 1 rings (SSSR count). The van der Waals surface area contributed by atoms with E-state index >= 15 is 0 Å². The molecule has 3 heteroatoms. The molecule has 0 heterocycles. The first kappa shape index (κ1) is 11.1. The lowest BCUT2D eigenvalue weighted by Crippen LogP contribution is -2.32. The van der Waals surface area contributed by atoms with Gasteiger partial charge >= 0.3 is 0 Å². The highest BCUT2D eigenvalue weighted by Gasteiger charge is 2.17. The van der Waals surface area contributed by atoms with Gasteiger partial charge in [-0.05, 0) is 25.5 Å². The van der Waals surface area contributed by atoms with Gasteiger partial charge in [0.25, 0.3) is 6.43 Å². The molecule has 78 valence electrons. The van der Waals surface area contributed by atoms with E-state index in [2.05, 4.69) is 5.32 Å². The van der Waals surface area contributed by atoms with Crippen LogP contribution in [0, 0.1) is 0 Å². The van der Waals surface area contributed by atoms with Crippen LogP contribution in [0.15, 0.2) is 30.3 Å². The van der Waals surface area contributed by atoms with Crippen LogP contribution in [0.5, 0.6) is 0 Å². The predicted octanol–water partition coefficient (Wildman–Crippen LogP) is 2.47. The molecule has 0 amide bonds. The van der Waals surface area contributed by atoms with Gasteiger partial charge in [-0.15, -0.1) is 0 Å². The summed E-state index contributed by atoms with van der Waals surface area (Å²) in [6.07, 6.45) is -1.13. The zero-order valence-corrected chi connectivity index (χ0v) is 8.21. The monoisotopic (exact) mass is 199 g/mol. The molecule has 0 radical (unpaired) electrons. The average Bonchev–Trinajstić information content (AvgIpc) is 2.20. The molecule has 0 bridgehead atoms. The Hall–Kier alpha value is -0.960. The van der Waals surface area contributed by atoms with Gasteiger partial charge in [0.05, 0.1) is 6.04 Å². The summed E-state index contributed by atoms with van der Waals surface area (Å²) in [7, 11) is 1.57. The normalized spacial score (nSPS) is 13.1. The fourth-order valence-electron chi connectivity index (χ4n) is 1.36. The zero-order valence-electron chi connectivity index (χ0n) is 8.21. The van der Waals surface area contributed by atoms with Gasteiger partial charge in [-0.2, -0.15) is 0 Å². The maximum absolute atomic E-state index is 12.3. The SMILES string of the molecule is CN[C@@H](CCc1ccccc1)C(F)F. The van der Waals surface area contributed by atoms with E-state index < -0.39 is 12.5 Å². The topological polar surface area (TPSA) is 12.0 Å². The Labute approximate surface area is 83.1 Å². The van der Waals surface area contributed by atoms with Gasteiger partial charge in [0.15, 0.2) is 0 Å². The first-order valence-electron chi connectivity index (χ1n) is 4.73. The van der Waals surface area contributed by atoms with Crippen LogP contribution >= 0.6 is 0 Å². The van der Waals surface area contributed by atoms with Gasteiger partial charge < -0.3 is 5.32 Å². The standard InChI is InChI=1S/C11H15F2N/c1-14-10(11(12)13)8-7-9-5-3-2-4-6-9/h2-6,10-11,14H,7-8H2,1H3/t10-/m0/s1. The third kappa shape index (κ3) is 3.42. The van der Waals surface area contributed by atoms with Crippen molar-refractivity contribution < 1.29 is 8.78 Å². The number of alkyl halides is 2. The van der Waals surface area contributed by atoms with E-state index in [4.69, 9.17) is 0 Å². The fraction of sp³-hybridized carbons (Fsp3) is 0.455. The van der Waals surface area contributed by atoms with Crippen molar-refractivity contribution in [2.75, 3.05) is 7.05 Å². The summed E-state index contributed by atoms with van der Waals surface area (Å²) >= 11 is 0. The van der Waals surface area contributed by atoms with Crippen molar-refractivity contribution in [3.63, 3.8) is 0 Å². The molecule has 0 saturated carbocycles. The molecule has 1 N–H and O–H groups in total. The second-order valence-corrected chi connectivity index (χ2v) is 3.25. The van der Waals surface area contributed by atoms with E-state index in [0.29, 0.717) is 12.8 Å². The predicted molar refractivity (Wildman–Crippen MR) is 53.6 cm³/mol. The van der Waals surface area contributed by atoms with Crippen molar-refractivity contribution in [2.45, 2.75) is 25.3 Å². The molecule has 0 aliphatic rings. The highest BCUT2D eigenvalue weighted by molar-refractivity contribution is 5.14. The van der Waals surface area contributed by atoms with Crippen molar-refractivity contribution >= 4 is 0 Å². The number of nitrogens with one attached hydrogen (secondary N) is 1. The van der Waals surface area contributed by atoms with Crippen LogP contribution in [0.3, 0.4) is 0 Å². The van der Waals surface area contributed by atoms with Crippen LogP contribution in [0.2, 0.25) is 0 Å². The lowest BCUT2D eigenvalue weighted by atomic mass is 10.1. The molecule has 1 nitrogen and oxygen atoms in total. The highest BCUT2D eigenvalue weighted by atomic mass is 19.3. The summed E-state index contributed by atoms with van der Waals surface area (Å²) in [5, 5.41) is 2.62. The zero-order chi connectivity index (χ0) is 10.4. The molecular weight excluding hydrogens is 184 g/mol. The van der Waals surface area contributed by atoms with Crippen molar-refractivity contribution in [1.82, 2.24) is 5.32 Å². The average molecular weight is 199 g/mol. The van der Waals surface area contributed by atoms with Gasteiger partial charge in [0, 0.05) is 0 Å². The Balaban J connectivity index is 2.40. The van der Waals surface area contributed by atoms with Crippen LogP contribution in [0.4, 0.5) is 8.78 Å². The fourth-order valence-corrected chi connectivity index (χ4v) is 1.36. The van der Waals surface area contributed by atoms with Crippen molar-refractivity contribution in [3.05, 3.63) is 35.9 Å². The minimum absolute atomic E-state index is 0.470. The first-order valence-corrected chi connectivity index (χ1v) is 4.73. The largest absolute Gasteiger partial charge is 0.312 e. The summed E-state index contributed by atoms with van der Waals surface area (Å²) < 4.78 is 24.7. The van der Waals surface area contributed by atoms with E-state index in [9.17, 15) is 8.78 Å². The summed E-state index contributed by atoms with van der Waals surface area (Å²) in [4.78, 5) is 0. The molecule has 1 aromatic carbocycles. The quantitative estimate of drug-likeness (QED) is 0.768.